The van der Waals surface area contributed by atoms with Gasteiger partial charge in [0.05, 0.1) is 6.10 Å². The van der Waals surface area contributed by atoms with Crippen LogP contribution in [0.25, 0.3) is 5.69 Å². The van der Waals surface area contributed by atoms with Crippen LogP contribution in [0.3, 0.4) is 0 Å². The van der Waals surface area contributed by atoms with Crippen LogP contribution in [-0.4, -0.2) is 33.4 Å². The molecule has 3 rings (SSSR count). The molecule has 1 aliphatic rings. The van der Waals surface area contributed by atoms with Gasteiger partial charge in [0.1, 0.15) is 11.5 Å². The second-order valence-electron chi connectivity index (χ2n) is 6.39. The van der Waals surface area contributed by atoms with Gasteiger partial charge in [-0.2, -0.15) is 5.10 Å². The predicted octanol–water partition coefficient (Wildman–Crippen LogP) is 2.31. The van der Waals surface area contributed by atoms with Crippen LogP contribution in [0.5, 0.6) is 0 Å². The number of aryl methyl sites for hydroxylation is 1. The molecule has 1 aromatic carbocycles. The third kappa shape index (κ3) is 3.19. The third-order valence-electron chi connectivity index (χ3n) is 4.32. The maximum Gasteiger partial charge on any atom is 0.272 e. The number of amides is 1. The Morgan fingerprint density at radius 1 is 1.46 bits per heavy atom. The Bertz CT molecular complexity index is 768. The number of aliphatic hydroxyl groups excluding tert-OH is 1. The van der Waals surface area contributed by atoms with Gasteiger partial charge in [-0.1, -0.05) is 6.07 Å². The highest BCUT2D eigenvalue weighted by Crippen LogP contribution is 2.28. The van der Waals surface area contributed by atoms with E-state index in [-0.39, 0.29) is 11.7 Å². The topological polar surface area (TPSA) is 67.2 Å². The Kier molecular flexibility index (Phi) is 4.66. The van der Waals surface area contributed by atoms with Crippen LogP contribution in [0.2, 0.25) is 0 Å². The molecule has 1 atom stereocenters. The van der Waals surface area contributed by atoms with E-state index in [2.05, 4.69) is 10.4 Å². The Morgan fingerprint density at radius 2 is 2.25 bits per heavy atom. The zero-order valence-electron chi connectivity index (χ0n) is 14.0. The molecule has 5 nitrogen and oxygen atoms in total. The molecular formula is C18H22FN3O2. The van der Waals surface area contributed by atoms with Gasteiger partial charge < -0.3 is 10.4 Å². The van der Waals surface area contributed by atoms with E-state index >= 15 is 0 Å². The number of aliphatic hydroxyl groups is 1. The predicted molar refractivity (Wildman–Crippen MR) is 88.9 cm³/mol. The van der Waals surface area contributed by atoms with Crippen molar-refractivity contribution >= 4 is 5.91 Å². The van der Waals surface area contributed by atoms with Crippen LogP contribution in [0.15, 0.2) is 18.2 Å². The molecule has 2 aromatic rings. The van der Waals surface area contributed by atoms with Gasteiger partial charge in [0.2, 0.25) is 0 Å². The minimum Gasteiger partial charge on any atom is -0.393 e. The van der Waals surface area contributed by atoms with Crippen molar-refractivity contribution in [2.75, 3.05) is 6.54 Å². The van der Waals surface area contributed by atoms with Crippen molar-refractivity contribution < 1.29 is 14.3 Å². The number of hydrogen-bond acceptors (Lipinski definition) is 3. The van der Waals surface area contributed by atoms with Crippen molar-refractivity contribution in [1.82, 2.24) is 15.1 Å². The fourth-order valence-corrected chi connectivity index (χ4v) is 3.08. The van der Waals surface area contributed by atoms with E-state index in [0.29, 0.717) is 24.3 Å². The maximum atomic E-state index is 14.3. The van der Waals surface area contributed by atoms with E-state index in [4.69, 9.17) is 0 Å². The van der Waals surface area contributed by atoms with E-state index in [1.807, 2.05) is 13.0 Å². The summed E-state index contributed by atoms with van der Waals surface area (Å²) in [4.78, 5) is 12.4. The van der Waals surface area contributed by atoms with Gasteiger partial charge in [-0.3, -0.25) is 4.79 Å². The van der Waals surface area contributed by atoms with Gasteiger partial charge in [0, 0.05) is 17.8 Å². The molecule has 1 aromatic heterocycles. The number of nitrogens with zero attached hydrogens (tertiary/aromatic N) is 2. The number of carbonyl (C=O) groups is 1. The summed E-state index contributed by atoms with van der Waals surface area (Å²) in [6, 6.07) is 5.01. The lowest BCUT2D eigenvalue weighted by Crippen LogP contribution is -2.27. The fraction of sp³-hybridized carbons (Fsp3) is 0.444. The smallest absolute Gasteiger partial charge is 0.272 e. The van der Waals surface area contributed by atoms with Gasteiger partial charge in [0.15, 0.2) is 5.69 Å². The van der Waals surface area contributed by atoms with Crippen LogP contribution >= 0.6 is 0 Å². The number of fused-ring (bicyclic) bond motifs is 1. The first-order valence-electron chi connectivity index (χ1n) is 8.31. The molecule has 1 amide bonds. The maximum absolute atomic E-state index is 14.3. The summed E-state index contributed by atoms with van der Waals surface area (Å²) in [5.41, 5.74) is 3.41. The number of carbonyl (C=O) groups excluding carboxylic acids is 1. The highest BCUT2D eigenvalue weighted by molar-refractivity contribution is 5.94. The summed E-state index contributed by atoms with van der Waals surface area (Å²) in [5, 5.41) is 16.5. The Labute approximate surface area is 140 Å². The van der Waals surface area contributed by atoms with E-state index in [1.54, 1.807) is 17.7 Å². The molecule has 0 aliphatic heterocycles. The van der Waals surface area contributed by atoms with Crippen molar-refractivity contribution in [2.24, 2.45) is 0 Å². The molecule has 128 valence electrons. The van der Waals surface area contributed by atoms with Crippen LogP contribution in [0.4, 0.5) is 4.39 Å². The van der Waals surface area contributed by atoms with Crippen molar-refractivity contribution in [3.05, 3.63) is 46.5 Å². The normalized spacial score (nSPS) is 14.5. The number of hydrogen-bond donors (Lipinski definition) is 2. The summed E-state index contributed by atoms with van der Waals surface area (Å²) in [5.74, 6) is -0.603. The molecule has 0 fully saturated rings. The SMILES string of the molecule is Cc1ccc(-n2nc(C(=O)NCCC(C)O)c3c2CCC3)c(F)c1. The monoisotopic (exact) mass is 331 g/mol. The van der Waals surface area contributed by atoms with Crippen molar-refractivity contribution in [3.63, 3.8) is 0 Å². The minimum atomic E-state index is -0.463. The average molecular weight is 331 g/mol. The Morgan fingerprint density at radius 3 is 2.96 bits per heavy atom. The van der Waals surface area contributed by atoms with Gasteiger partial charge in [-0.25, -0.2) is 9.07 Å². The molecule has 0 radical (unpaired) electrons. The number of nitrogens with one attached hydrogen (secondary N) is 1. The molecule has 0 spiro atoms. The number of aromatic nitrogens is 2. The van der Waals surface area contributed by atoms with E-state index in [9.17, 15) is 14.3 Å². The summed E-state index contributed by atoms with van der Waals surface area (Å²) in [7, 11) is 0. The quantitative estimate of drug-likeness (QED) is 0.883. The first kappa shape index (κ1) is 16.6. The van der Waals surface area contributed by atoms with Crippen molar-refractivity contribution in [3.8, 4) is 5.69 Å². The van der Waals surface area contributed by atoms with E-state index in [0.717, 1.165) is 36.1 Å². The molecule has 0 saturated carbocycles. The number of halogens is 1. The van der Waals surface area contributed by atoms with Crippen LogP contribution in [0.1, 0.15) is 47.1 Å². The lowest BCUT2D eigenvalue weighted by Gasteiger charge is -2.08. The van der Waals surface area contributed by atoms with Crippen LogP contribution in [-0.2, 0) is 12.8 Å². The molecule has 0 saturated heterocycles. The molecule has 2 N–H and O–H groups in total. The second-order valence-corrected chi connectivity index (χ2v) is 6.39. The van der Waals surface area contributed by atoms with E-state index in [1.165, 1.54) is 6.07 Å². The summed E-state index contributed by atoms with van der Waals surface area (Å²) >= 11 is 0. The van der Waals surface area contributed by atoms with Gasteiger partial charge in [-0.15, -0.1) is 0 Å². The van der Waals surface area contributed by atoms with Gasteiger partial charge in [0.25, 0.3) is 5.91 Å². The molecule has 1 heterocycles. The third-order valence-corrected chi connectivity index (χ3v) is 4.32. The Balaban J connectivity index is 1.91. The molecule has 0 bridgehead atoms. The van der Waals surface area contributed by atoms with Crippen LogP contribution in [0, 0.1) is 12.7 Å². The van der Waals surface area contributed by atoms with Crippen molar-refractivity contribution in [1.29, 1.82) is 0 Å². The molecule has 6 heteroatoms. The lowest BCUT2D eigenvalue weighted by molar-refractivity contribution is 0.0939. The number of rotatable bonds is 5. The minimum absolute atomic E-state index is 0.264. The molecule has 1 aliphatic carbocycles. The van der Waals surface area contributed by atoms with Gasteiger partial charge >= 0.3 is 0 Å². The second kappa shape index (κ2) is 6.73. The zero-order chi connectivity index (χ0) is 17.3. The fourth-order valence-electron chi connectivity index (χ4n) is 3.08. The summed E-state index contributed by atoms with van der Waals surface area (Å²) in [6.07, 6.45) is 2.53. The van der Waals surface area contributed by atoms with Crippen LogP contribution < -0.4 is 5.32 Å². The highest BCUT2D eigenvalue weighted by Gasteiger charge is 2.27. The van der Waals surface area contributed by atoms with E-state index < -0.39 is 6.10 Å². The average Bonchev–Trinajstić information content (AvgIpc) is 3.09. The van der Waals surface area contributed by atoms with Crippen molar-refractivity contribution in [2.45, 2.75) is 45.6 Å². The molecule has 1 unspecified atom stereocenters. The largest absolute Gasteiger partial charge is 0.393 e. The zero-order valence-corrected chi connectivity index (χ0v) is 14.0. The number of benzene rings is 1. The lowest BCUT2D eigenvalue weighted by atomic mass is 10.2. The molecular weight excluding hydrogens is 309 g/mol. The Hall–Kier alpha value is -2.21. The van der Waals surface area contributed by atoms with Gasteiger partial charge in [-0.05, 0) is 57.2 Å². The standard InChI is InChI=1S/C18H22FN3O2/c1-11-6-7-16(14(19)10-11)22-15-5-3-4-13(15)17(21-22)18(24)20-9-8-12(2)23/h6-7,10,12,23H,3-5,8-9H2,1-2H3,(H,20,24). The first-order chi connectivity index (χ1) is 11.5. The summed E-state index contributed by atoms with van der Waals surface area (Å²) in [6.45, 7) is 3.90. The summed E-state index contributed by atoms with van der Waals surface area (Å²) < 4.78 is 15.9. The highest BCUT2D eigenvalue weighted by atomic mass is 19.1. The molecule has 24 heavy (non-hydrogen) atoms. The first-order valence-corrected chi connectivity index (χ1v) is 8.31.